The van der Waals surface area contributed by atoms with Gasteiger partial charge in [-0.3, -0.25) is 0 Å². The normalized spacial score (nSPS) is 12.9. The van der Waals surface area contributed by atoms with Crippen LogP contribution in [0.1, 0.15) is 33.8 Å². The maximum Gasteiger partial charge on any atom is 0.115 e. The largest absolute Gasteiger partial charge is 0.249 e. The molecule has 0 spiro atoms. The van der Waals surface area contributed by atoms with Gasteiger partial charge in [0.1, 0.15) is 6.33 Å². The van der Waals surface area contributed by atoms with Gasteiger partial charge in [-0.25, -0.2) is 15.0 Å². The number of nitrogens with zero attached hydrogens (tertiary/aromatic N) is 3. The van der Waals surface area contributed by atoms with E-state index in [2.05, 4.69) is 34.0 Å². The molecule has 3 nitrogen and oxygen atoms in total. The number of hydrogen-bond acceptors (Lipinski definition) is 4. The minimum absolute atomic E-state index is 0.950. The van der Waals surface area contributed by atoms with E-state index in [0.29, 0.717) is 0 Å². The molecule has 0 bridgehead atoms. The van der Waals surface area contributed by atoms with Crippen molar-refractivity contribution in [2.24, 2.45) is 0 Å². The molecular formula is C14H15N3S. The Hall–Kier alpha value is -1.55. The van der Waals surface area contributed by atoms with E-state index in [1.807, 2.05) is 17.5 Å². The van der Waals surface area contributed by atoms with E-state index in [0.717, 1.165) is 25.7 Å². The van der Waals surface area contributed by atoms with Gasteiger partial charge in [0.15, 0.2) is 0 Å². The predicted molar refractivity (Wildman–Crippen MR) is 73.7 cm³/mol. The fraction of sp³-hybridized carbons (Fsp3) is 0.357. The van der Waals surface area contributed by atoms with E-state index in [1.165, 1.54) is 26.8 Å². The molecule has 0 atom stereocenters. The van der Waals surface area contributed by atoms with Crippen LogP contribution in [0.4, 0.5) is 0 Å². The molecule has 2 heterocycles. The molecule has 2 aromatic heterocycles. The van der Waals surface area contributed by atoms with Crippen molar-refractivity contribution in [2.75, 3.05) is 0 Å². The summed E-state index contributed by atoms with van der Waals surface area (Å²) in [7, 11) is 0. The van der Waals surface area contributed by atoms with E-state index >= 15 is 0 Å². The molecule has 0 radical (unpaired) electrons. The highest BCUT2D eigenvalue weighted by atomic mass is 32.1. The molecule has 0 fully saturated rings. The summed E-state index contributed by atoms with van der Waals surface area (Å²) < 4.78 is 0. The Morgan fingerprint density at radius 2 is 2.17 bits per heavy atom. The van der Waals surface area contributed by atoms with Gasteiger partial charge in [0, 0.05) is 23.1 Å². The van der Waals surface area contributed by atoms with Crippen LogP contribution < -0.4 is 0 Å². The highest BCUT2D eigenvalue weighted by Crippen LogP contribution is 2.22. The zero-order chi connectivity index (χ0) is 12.4. The predicted octanol–water partition coefficient (Wildman–Crippen LogP) is 2.85. The van der Waals surface area contributed by atoms with Crippen LogP contribution in [0, 0.1) is 0 Å². The Bertz CT molecular complexity index is 586. The monoisotopic (exact) mass is 257 g/mol. The van der Waals surface area contributed by atoms with Crippen LogP contribution in [0.3, 0.4) is 0 Å². The lowest BCUT2D eigenvalue weighted by molar-refractivity contribution is 0.893. The van der Waals surface area contributed by atoms with Gasteiger partial charge in [-0.2, -0.15) is 0 Å². The van der Waals surface area contributed by atoms with Crippen LogP contribution in [0.25, 0.3) is 6.08 Å². The Balaban J connectivity index is 1.74. The van der Waals surface area contributed by atoms with Gasteiger partial charge in [0.25, 0.3) is 0 Å². The molecule has 0 aromatic carbocycles. The molecule has 0 N–H and O–H groups in total. The highest BCUT2D eigenvalue weighted by Gasteiger charge is 2.12. The number of allylic oxidation sites excluding steroid dienone is 1. The van der Waals surface area contributed by atoms with Gasteiger partial charge in [0.05, 0.1) is 16.4 Å². The number of thiazole rings is 1. The van der Waals surface area contributed by atoms with E-state index in [4.69, 9.17) is 0 Å². The highest BCUT2D eigenvalue weighted by molar-refractivity contribution is 7.11. The lowest BCUT2D eigenvalue weighted by atomic mass is 10.1. The summed E-state index contributed by atoms with van der Waals surface area (Å²) in [6.45, 7) is 2.14. The standard InChI is InChI=1S/C14H15N3S/c1-2-14-15-8-10(18-14)6-7-13-11-4-3-5-12(11)16-9-17-13/h3-4,8-9H,2,5-7H2,1H3. The van der Waals surface area contributed by atoms with Crippen molar-refractivity contribution >= 4 is 17.4 Å². The molecule has 2 aromatic rings. The van der Waals surface area contributed by atoms with Gasteiger partial charge in [-0.1, -0.05) is 19.1 Å². The molecule has 18 heavy (non-hydrogen) atoms. The van der Waals surface area contributed by atoms with Crippen LogP contribution in [0.2, 0.25) is 0 Å². The summed E-state index contributed by atoms with van der Waals surface area (Å²) in [6, 6.07) is 0. The van der Waals surface area contributed by atoms with Crippen molar-refractivity contribution in [1.29, 1.82) is 0 Å². The third kappa shape index (κ3) is 2.20. The van der Waals surface area contributed by atoms with E-state index < -0.39 is 0 Å². The topological polar surface area (TPSA) is 38.7 Å². The summed E-state index contributed by atoms with van der Waals surface area (Å²) in [5, 5.41) is 1.22. The number of aryl methyl sites for hydroxylation is 3. The second kappa shape index (κ2) is 4.98. The Labute approximate surface area is 111 Å². The maximum atomic E-state index is 4.41. The number of aromatic nitrogens is 3. The Morgan fingerprint density at radius 3 is 3.00 bits per heavy atom. The number of hydrogen-bond donors (Lipinski definition) is 0. The summed E-state index contributed by atoms with van der Waals surface area (Å²) >= 11 is 1.81. The first-order valence-corrected chi connectivity index (χ1v) is 7.11. The second-order valence-electron chi connectivity index (χ2n) is 4.36. The minimum Gasteiger partial charge on any atom is -0.249 e. The van der Waals surface area contributed by atoms with Crippen molar-refractivity contribution in [3.8, 4) is 0 Å². The lowest BCUT2D eigenvalue weighted by Gasteiger charge is -2.04. The second-order valence-corrected chi connectivity index (χ2v) is 5.56. The molecule has 0 saturated heterocycles. The fourth-order valence-electron chi connectivity index (χ4n) is 2.19. The van der Waals surface area contributed by atoms with Gasteiger partial charge in [-0.15, -0.1) is 11.3 Å². The quantitative estimate of drug-likeness (QED) is 0.845. The third-order valence-electron chi connectivity index (χ3n) is 3.16. The minimum atomic E-state index is 0.950. The number of fused-ring (bicyclic) bond motifs is 1. The van der Waals surface area contributed by atoms with Crippen molar-refractivity contribution in [3.63, 3.8) is 0 Å². The zero-order valence-corrected chi connectivity index (χ0v) is 11.2. The SMILES string of the molecule is CCc1ncc(CCc2ncnc3c2C=CC3)s1. The summed E-state index contributed by atoms with van der Waals surface area (Å²) in [5.41, 5.74) is 3.57. The molecule has 0 unspecified atom stereocenters. The number of rotatable bonds is 4. The summed E-state index contributed by atoms with van der Waals surface area (Å²) in [6.07, 6.45) is 12.0. The molecule has 4 heteroatoms. The molecule has 1 aliphatic carbocycles. The smallest absolute Gasteiger partial charge is 0.115 e. The third-order valence-corrected chi connectivity index (χ3v) is 4.36. The van der Waals surface area contributed by atoms with Gasteiger partial charge in [0.2, 0.25) is 0 Å². The molecule has 92 valence electrons. The van der Waals surface area contributed by atoms with Crippen LogP contribution >= 0.6 is 11.3 Å². The van der Waals surface area contributed by atoms with Crippen molar-refractivity contribution in [1.82, 2.24) is 15.0 Å². The molecule has 0 aliphatic heterocycles. The maximum absolute atomic E-state index is 4.41. The zero-order valence-electron chi connectivity index (χ0n) is 10.4. The fourth-order valence-corrected chi connectivity index (χ4v) is 3.05. The van der Waals surface area contributed by atoms with Gasteiger partial charge in [-0.05, 0) is 19.3 Å². The average molecular weight is 257 g/mol. The summed E-state index contributed by atoms with van der Waals surface area (Å²) in [4.78, 5) is 14.5. The van der Waals surface area contributed by atoms with Gasteiger partial charge >= 0.3 is 0 Å². The Morgan fingerprint density at radius 1 is 1.22 bits per heavy atom. The average Bonchev–Trinajstić information content (AvgIpc) is 3.05. The molecule has 1 aliphatic rings. The van der Waals surface area contributed by atoms with E-state index in [-0.39, 0.29) is 0 Å². The summed E-state index contributed by atoms with van der Waals surface area (Å²) in [5.74, 6) is 0. The van der Waals surface area contributed by atoms with E-state index in [9.17, 15) is 0 Å². The van der Waals surface area contributed by atoms with Crippen molar-refractivity contribution in [2.45, 2.75) is 32.6 Å². The van der Waals surface area contributed by atoms with Crippen LogP contribution in [-0.4, -0.2) is 15.0 Å². The molecule has 3 rings (SSSR count). The first kappa shape index (κ1) is 11.5. The van der Waals surface area contributed by atoms with Crippen LogP contribution in [-0.2, 0) is 25.7 Å². The van der Waals surface area contributed by atoms with Gasteiger partial charge < -0.3 is 0 Å². The van der Waals surface area contributed by atoms with E-state index in [1.54, 1.807) is 6.33 Å². The molecule has 0 saturated carbocycles. The first-order chi connectivity index (χ1) is 8.86. The lowest BCUT2D eigenvalue weighted by Crippen LogP contribution is -2.00. The van der Waals surface area contributed by atoms with Crippen LogP contribution in [0.5, 0.6) is 0 Å². The Kier molecular flexibility index (Phi) is 3.19. The molecule has 0 amide bonds. The molecular weight excluding hydrogens is 242 g/mol. The van der Waals surface area contributed by atoms with Crippen molar-refractivity contribution < 1.29 is 0 Å². The van der Waals surface area contributed by atoms with Crippen molar-refractivity contribution in [3.05, 3.63) is 45.4 Å². The van der Waals surface area contributed by atoms with Crippen LogP contribution in [0.15, 0.2) is 18.6 Å². The first-order valence-electron chi connectivity index (χ1n) is 6.29.